The Morgan fingerprint density at radius 3 is 3.00 bits per heavy atom. The fraction of sp³-hybridized carbons (Fsp3) is 0.650. The summed E-state index contributed by atoms with van der Waals surface area (Å²) in [6.45, 7) is 2.73. The molecule has 0 saturated carbocycles. The van der Waals surface area contributed by atoms with Crippen LogP contribution in [0.1, 0.15) is 44.2 Å². The minimum absolute atomic E-state index is 0.000371. The normalized spacial score (nSPS) is 30.7. The van der Waals surface area contributed by atoms with Gasteiger partial charge in [0.05, 0.1) is 12.2 Å². The third-order valence-corrected chi connectivity index (χ3v) is 6.05. The van der Waals surface area contributed by atoms with Gasteiger partial charge in [0.2, 0.25) is 11.8 Å². The van der Waals surface area contributed by atoms with Crippen LogP contribution in [0, 0.1) is 0 Å². The van der Waals surface area contributed by atoms with Crippen LogP contribution >= 0.6 is 0 Å². The van der Waals surface area contributed by atoms with Gasteiger partial charge in [-0.25, -0.2) is 0 Å². The summed E-state index contributed by atoms with van der Waals surface area (Å²) in [5, 5.41) is 6.21. The second-order valence-electron chi connectivity index (χ2n) is 7.85. The average Bonchev–Trinajstić information content (AvgIpc) is 3.35. The molecular formula is C20H28N4O3. The van der Waals surface area contributed by atoms with E-state index < -0.39 is 5.54 Å². The summed E-state index contributed by atoms with van der Waals surface area (Å²) in [7, 11) is 0. The van der Waals surface area contributed by atoms with Crippen molar-refractivity contribution >= 4 is 11.8 Å². The van der Waals surface area contributed by atoms with Gasteiger partial charge in [0, 0.05) is 25.4 Å². The van der Waals surface area contributed by atoms with Gasteiger partial charge in [0.1, 0.15) is 11.6 Å². The molecule has 3 saturated heterocycles. The average molecular weight is 372 g/mol. The van der Waals surface area contributed by atoms with E-state index in [0.29, 0.717) is 19.6 Å². The molecule has 3 aliphatic rings. The lowest BCUT2D eigenvalue weighted by molar-refractivity contribution is -0.134. The van der Waals surface area contributed by atoms with E-state index >= 15 is 0 Å². The first-order chi connectivity index (χ1) is 13.2. The Morgan fingerprint density at radius 2 is 2.22 bits per heavy atom. The molecular weight excluding hydrogens is 344 g/mol. The highest BCUT2D eigenvalue weighted by Crippen LogP contribution is 2.38. The smallest absolute Gasteiger partial charge is 0.249 e. The monoisotopic (exact) mass is 372 g/mol. The van der Waals surface area contributed by atoms with Crippen molar-refractivity contribution in [2.45, 2.75) is 62.8 Å². The van der Waals surface area contributed by atoms with Crippen molar-refractivity contribution in [2.75, 3.05) is 19.7 Å². The maximum Gasteiger partial charge on any atom is 0.249 e. The molecule has 4 rings (SSSR count). The van der Waals surface area contributed by atoms with Gasteiger partial charge in [-0.2, -0.15) is 0 Å². The molecule has 4 heterocycles. The van der Waals surface area contributed by atoms with Crippen molar-refractivity contribution in [3.05, 3.63) is 30.1 Å². The predicted octanol–water partition coefficient (Wildman–Crippen LogP) is 0.990. The molecule has 3 atom stereocenters. The van der Waals surface area contributed by atoms with Gasteiger partial charge in [0.25, 0.3) is 0 Å². The molecule has 146 valence electrons. The van der Waals surface area contributed by atoms with Gasteiger partial charge < -0.3 is 15.4 Å². The van der Waals surface area contributed by atoms with Crippen LogP contribution < -0.4 is 10.6 Å². The highest BCUT2D eigenvalue weighted by Gasteiger charge is 2.52. The molecule has 0 aliphatic carbocycles. The SMILES string of the molecule is O=C(N[C@@H]1CN2CCCC[C@]2(C(=O)NCc2ccccn2)C1)[C@H]1CCCO1. The molecule has 3 aliphatic heterocycles. The van der Waals surface area contributed by atoms with Crippen molar-refractivity contribution in [1.82, 2.24) is 20.5 Å². The summed E-state index contributed by atoms with van der Waals surface area (Å²) >= 11 is 0. The molecule has 0 aromatic carbocycles. The van der Waals surface area contributed by atoms with E-state index in [2.05, 4.69) is 20.5 Å². The summed E-state index contributed by atoms with van der Waals surface area (Å²) in [6.07, 6.45) is 6.79. The summed E-state index contributed by atoms with van der Waals surface area (Å²) in [5.74, 6) is 0.0307. The van der Waals surface area contributed by atoms with Crippen LogP contribution in [0.5, 0.6) is 0 Å². The largest absolute Gasteiger partial charge is 0.368 e. The third-order valence-electron chi connectivity index (χ3n) is 6.05. The summed E-state index contributed by atoms with van der Waals surface area (Å²) < 4.78 is 5.49. The highest BCUT2D eigenvalue weighted by molar-refractivity contribution is 5.87. The first-order valence-corrected chi connectivity index (χ1v) is 10.0. The number of ether oxygens (including phenoxy) is 1. The fourth-order valence-electron chi connectivity index (χ4n) is 4.69. The number of hydrogen-bond donors (Lipinski definition) is 2. The Bertz CT molecular complexity index is 677. The van der Waals surface area contributed by atoms with Gasteiger partial charge in [0.15, 0.2) is 0 Å². The Labute approximate surface area is 159 Å². The topological polar surface area (TPSA) is 83.6 Å². The lowest BCUT2D eigenvalue weighted by Crippen LogP contribution is -2.57. The second kappa shape index (κ2) is 7.94. The molecule has 0 radical (unpaired) electrons. The van der Waals surface area contributed by atoms with Crippen molar-refractivity contribution in [2.24, 2.45) is 0 Å². The fourth-order valence-corrected chi connectivity index (χ4v) is 4.69. The van der Waals surface area contributed by atoms with E-state index in [-0.39, 0.29) is 24.0 Å². The van der Waals surface area contributed by atoms with Gasteiger partial charge in [-0.3, -0.25) is 19.5 Å². The lowest BCUT2D eigenvalue weighted by Gasteiger charge is -2.40. The number of aromatic nitrogens is 1. The Balaban J connectivity index is 1.40. The van der Waals surface area contributed by atoms with Crippen LogP contribution in [-0.4, -0.2) is 59.1 Å². The van der Waals surface area contributed by atoms with Crippen molar-refractivity contribution in [1.29, 1.82) is 0 Å². The van der Waals surface area contributed by atoms with E-state index in [0.717, 1.165) is 50.9 Å². The van der Waals surface area contributed by atoms with Crippen LogP contribution in [0.3, 0.4) is 0 Å². The number of rotatable bonds is 5. The van der Waals surface area contributed by atoms with E-state index in [1.165, 1.54) is 0 Å². The van der Waals surface area contributed by atoms with E-state index in [1.807, 2.05) is 18.2 Å². The molecule has 27 heavy (non-hydrogen) atoms. The number of fused-ring (bicyclic) bond motifs is 1. The van der Waals surface area contributed by atoms with Crippen LogP contribution in [-0.2, 0) is 20.9 Å². The van der Waals surface area contributed by atoms with Gasteiger partial charge in [-0.15, -0.1) is 0 Å². The molecule has 2 N–H and O–H groups in total. The number of hydrogen-bond acceptors (Lipinski definition) is 5. The molecule has 0 unspecified atom stereocenters. The number of carbonyl (C=O) groups is 2. The number of pyridine rings is 1. The Kier molecular flexibility index (Phi) is 5.41. The number of carbonyl (C=O) groups excluding carboxylic acids is 2. The highest BCUT2D eigenvalue weighted by atomic mass is 16.5. The van der Waals surface area contributed by atoms with Gasteiger partial charge in [-0.05, 0) is 57.2 Å². The minimum atomic E-state index is -0.512. The van der Waals surface area contributed by atoms with Crippen LogP contribution in [0.2, 0.25) is 0 Å². The first kappa shape index (κ1) is 18.4. The zero-order chi connectivity index (χ0) is 18.7. The van der Waals surface area contributed by atoms with E-state index in [1.54, 1.807) is 6.20 Å². The van der Waals surface area contributed by atoms with E-state index in [9.17, 15) is 9.59 Å². The number of amides is 2. The second-order valence-corrected chi connectivity index (χ2v) is 7.85. The predicted molar refractivity (Wildman–Crippen MR) is 99.8 cm³/mol. The zero-order valence-corrected chi connectivity index (χ0v) is 15.7. The van der Waals surface area contributed by atoms with Gasteiger partial charge in [-0.1, -0.05) is 6.07 Å². The van der Waals surface area contributed by atoms with Crippen molar-refractivity contribution < 1.29 is 14.3 Å². The van der Waals surface area contributed by atoms with Crippen molar-refractivity contribution in [3.8, 4) is 0 Å². The maximum atomic E-state index is 13.1. The van der Waals surface area contributed by atoms with Crippen LogP contribution in [0.4, 0.5) is 0 Å². The zero-order valence-electron chi connectivity index (χ0n) is 15.7. The number of nitrogens with one attached hydrogen (secondary N) is 2. The molecule has 3 fully saturated rings. The molecule has 7 heteroatoms. The quantitative estimate of drug-likeness (QED) is 0.805. The van der Waals surface area contributed by atoms with Gasteiger partial charge >= 0.3 is 0 Å². The Morgan fingerprint density at radius 1 is 1.30 bits per heavy atom. The Hall–Kier alpha value is -1.99. The maximum absolute atomic E-state index is 13.1. The van der Waals surface area contributed by atoms with Crippen LogP contribution in [0.25, 0.3) is 0 Å². The molecule has 1 aromatic rings. The molecule has 2 amide bonds. The number of piperidine rings is 1. The molecule has 0 bridgehead atoms. The first-order valence-electron chi connectivity index (χ1n) is 10.0. The summed E-state index contributed by atoms with van der Waals surface area (Å²) in [5.41, 5.74) is 0.340. The van der Waals surface area contributed by atoms with E-state index in [4.69, 9.17) is 4.74 Å². The number of nitrogens with zero attached hydrogens (tertiary/aromatic N) is 2. The third kappa shape index (κ3) is 3.84. The minimum Gasteiger partial charge on any atom is -0.368 e. The molecule has 7 nitrogen and oxygen atoms in total. The summed E-state index contributed by atoms with van der Waals surface area (Å²) in [6, 6.07) is 5.70. The molecule has 0 spiro atoms. The molecule has 1 aromatic heterocycles. The summed E-state index contributed by atoms with van der Waals surface area (Å²) in [4.78, 5) is 32.1. The van der Waals surface area contributed by atoms with Crippen molar-refractivity contribution in [3.63, 3.8) is 0 Å². The van der Waals surface area contributed by atoms with Crippen LogP contribution in [0.15, 0.2) is 24.4 Å². The standard InChI is InChI=1S/C20H28N4O3/c25-18(17-7-5-11-27-17)23-16-12-20(8-2-4-10-24(20)14-16)19(26)22-13-15-6-1-3-9-21-15/h1,3,6,9,16-17H,2,4-5,7-8,10-14H2,(H,22,26)(H,23,25)/t16-,17+,20+/m0/s1. The lowest BCUT2D eigenvalue weighted by atomic mass is 9.84.